The fraction of sp³-hybridized carbons (Fsp3) is 0.357. The van der Waals surface area contributed by atoms with Crippen molar-refractivity contribution >= 4 is 6.02 Å². The van der Waals surface area contributed by atoms with Gasteiger partial charge >= 0.3 is 12.6 Å². The van der Waals surface area contributed by atoms with Gasteiger partial charge in [0.2, 0.25) is 0 Å². The molecule has 2 heterocycles. The summed E-state index contributed by atoms with van der Waals surface area (Å²) in [4.78, 5) is 15.7. The molecule has 134 valence electrons. The first kappa shape index (κ1) is 17.0. The van der Waals surface area contributed by atoms with E-state index >= 15 is 0 Å². The molecule has 0 aliphatic carbocycles. The zero-order valence-electron chi connectivity index (χ0n) is 12.5. The Bertz CT molecular complexity index is 705. The van der Waals surface area contributed by atoms with Crippen molar-refractivity contribution in [3.63, 3.8) is 0 Å². The summed E-state index contributed by atoms with van der Waals surface area (Å²) in [6, 6.07) is 5.37. The second-order valence-corrected chi connectivity index (χ2v) is 5.12. The first-order valence-electron chi connectivity index (χ1n) is 7.09. The minimum Gasteiger partial charge on any atom is -0.406 e. The molecule has 2 aliphatic heterocycles. The lowest BCUT2D eigenvalue weighted by atomic mass is 10.2. The monoisotopic (exact) mass is 359 g/mol. The Kier molecular flexibility index (Phi) is 4.49. The lowest BCUT2D eigenvalue weighted by molar-refractivity contribution is -0.552. The SMILES string of the molecule is O=[N+]([O-])[C@H]1C=CN2C(=NC[C@@H]2OCc2ccc(OC(F)(F)F)cc2)O1. The summed E-state index contributed by atoms with van der Waals surface area (Å²) in [6.45, 7) is 0.335. The molecular weight excluding hydrogens is 347 g/mol. The smallest absolute Gasteiger partial charge is 0.406 e. The largest absolute Gasteiger partial charge is 0.573 e. The minimum absolute atomic E-state index is 0.100. The fourth-order valence-electron chi connectivity index (χ4n) is 2.25. The van der Waals surface area contributed by atoms with Crippen LogP contribution in [0.5, 0.6) is 5.75 Å². The molecule has 0 amide bonds. The highest BCUT2D eigenvalue weighted by Gasteiger charge is 2.36. The van der Waals surface area contributed by atoms with E-state index in [1.165, 1.54) is 41.4 Å². The molecule has 3 rings (SSSR count). The van der Waals surface area contributed by atoms with Crippen LogP contribution in [0.2, 0.25) is 0 Å². The molecule has 8 nitrogen and oxygen atoms in total. The molecule has 0 fully saturated rings. The van der Waals surface area contributed by atoms with E-state index in [0.717, 1.165) is 0 Å². The van der Waals surface area contributed by atoms with Gasteiger partial charge in [-0.05, 0) is 17.7 Å². The number of alkyl halides is 3. The Labute approximate surface area is 139 Å². The Balaban J connectivity index is 1.55. The third-order valence-corrected chi connectivity index (χ3v) is 3.36. The van der Waals surface area contributed by atoms with Crippen LogP contribution in [0, 0.1) is 10.1 Å². The number of amidine groups is 1. The molecule has 2 atom stereocenters. The Hall–Kier alpha value is -2.82. The summed E-state index contributed by atoms with van der Waals surface area (Å²) in [5, 5.41) is 10.7. The maximum absolute atomic E-state index is 12.1. The number of hydrogen-bond acceptors (Lipinski definition) is 7. The number of hydrogen-bond donors (Lipinski definition) is 0. The second kappa shape index (κ2) is 6.59. The van der Waals surface area contributed by atoms with Crippen molar-refractivity contribution in [2.75, 3.05) is 6.54 Å². The molecule has 0 spiro atoms. The standard InChI is InChI=1S/C14H12F3N3O5/c15-14(16,17)25-10-3-1-9(2-4-10)8-23-12-7-18-13-19(12)6-5-11(24-13)20(21)22/h1-6,11-12H,7-8H2/t11-,12+/m1/s1. The highest BCUT2D eigenvalue weighted by atomic mass is 19.4. The average Bonchev–Trinajstić information content (AvgIpc) is 2.95. The van der Waals surface area contributed by atoms with Crippen LogP contribution in [-0.4, -0.2) is 41.2 Å². The van der Waals surface area contributed by atoms with E-state index in [9.17, 15) is 23.3 Å². The fourth-order valence-corrected chi connectivity index (χ4v) is 2.25. The third kappa shape index (κ3) is 4.18. The van der Waals surface area contributed by atoms with Crippen molar-refractivity contribution in [2.45, 2.75) is 25.4 Å². The topological polar surface area (TPSA) is 86.4 Å². The molecule has 11 heteroatoms. The van der Waals surface area contributed by atoms with Crippen LogP contribution < -0.4 is 4.74 Å². The number of nitro groups is 1. The number of halogens is 3. The van der Waals surface area contributed by atoms with E-state index < -0.39 is 23.7 Å². The Morgan fingerprint density at radius 1 is 1.36 bits per heavy atom. The maximum Gasteiger partial charge on any atom is 0.573 e. The van der Waals surface area contributed by atoms with Gasteiger partial charge in [0, 0.05) is 12.3 Å². The van der Waals surface area contributed by atoms with Crippen molar-refractivity contribution in [3.05, 3.63) is 52.2 Å². The molecule has 0 saturated heterocycles. The number of ether oxygens (including phenoxy) is 3. The highest BCUT2D eigenvalue weighted by Crippen LogP contribution is 2.24. The van der Waals surface area contributed by atoms with Crippen LogP contribution in [0.1, 0.15) is 5.56 Å². The van der Waals surface area contributed by atoms with Gasteiger partial charge in [-0.2, -0.15) is 0 Å². The maximum atomic E-state index is 12.1. The zero-order chi connectivity index (χ0) is 18.0. The number of fused-ring (bicyclic) bond motifs is 1. The van der Waals surface area contributed by atoms with Crippen molar-refractivity contribution < 1.29 is 32.3 Å². The lowest BCUT2D eigenvalue weighted by Gasteiger charge is -2.26. The summed E-state index contributed by atoms with van der Waals surface area (Å²) in [6.07, 6.45) is -3.80. The quantitative estimate of drug-likeness (QED) is 0.592. The third-order valence-electron chi connectivity index (χ3n) is 3.36. The molecule has 0 bridgehead atoms. The summed E-state index contributed by atoms with van der Waals surface area (Å²) in [5.74, 6) is -0.319. The van der Waals surface area contributed by atoms with Crippen molar-refractivity contribution in [3.8, 4) is 5.75 Å². The van der Waals surface area contributed by atoms with E-state index in [0.29, 0.717) is 5.56 Å². The summed E-state index contributed by atoms with van der Waals surface area (Å²) >= 11 is 0. The first-order valence-corrected chi connectivity index (χ1v) is 7.09. The predicted molar refractivity (Wildman–Crippen MR) is 76.9 cm³/mol. The first-order chi connectivity index (χ1) is 11.8. The average molecular weight is 359 g/mol. The van der Waals surface area contributed by atoms with Gasteiger partial charge in [0.1, 0.15) is 5.75 Å². The number of rotatable bonds is 5. The van der Waals surface area contributed by atoms with Gasteiger partial charge in [0.25, 0.3) is 6.02 Å². The van der Waals surface area contributed by atoms with Gasteiger partial charge in [-0.25, -0.2) is 4.99 Å². The van der Waals surface area contributed by atoms with E-state index in [-0.39, 0.29) is 24.9 Å². The summed E-state index contributed by atoms with van der Waals surface area (Å²) in [7, 11) is 0. The molecule has 25 heavy (non-hydrogen) atoms. The highest BCUT2D eigenvalue weighted by molar-refractivity contribution is 5.78. The Morgan fingerprint density at radius 3 is 2.72 bits per heavy atom. The molecule has 0 saturated carbocycles. The van der Waals surface area contributed by atoms with Crippen LogP contribution in [-0.2, 0) is 16.1 Å². The molecule has 1 aromatic carbocycles. The number of benzene rings is 1. The lowest BCUT2D eigenvalue weighted by Crippen LogP contribution is -2.41. The van der Waals surface area contributed by atoms with Gasteiger partial charge < -0.3 is 14.2 Å². The van der Waals surface area contributed by atoms with Crippen molar-refractivity contribution in [1.29, 1.82) is 0 Å². The Morgan fingerprint density at radius 2 is 2.08 bits per heavy atom. The van der Waals surface area contributed by atoms with Gasteiger partial charge in [0.05, 0.1) is 18.1 Å². The van der Waals surface area contributed by atoms with E-state index in [2.05, 4.69) is 9.73 Å². The van der Waals surface area contributed by atoms with Gasteiger partial charge in [-0.15, -0.1) is 13.2 Å². The second-order valence-electron chi connectivity index (χ2n) is 5.12. The minimum atomic E-state index is -4.74. The van der Waals surface area contributed by atoms with Crippen LogP contribution in [0.15, 0.2) is 41.5 Å². The number of aliphatic imine (C=N–C) groups is 1. The molecule has 0 aromatic heterocycles. The molecule has 0 unspecified atom stereocenters. The van der Waals surface area contributed by atoms with Crippen molar-refractivity contribution in [1.82, 2.24) is 4.90 Å². The number of nitrogens with zero attached hydrogens (tertiary/aromatic N) is 3. The summed E-state index contributed by atoms with van der Waals surface area (Å²) in [5.41, 5.74) is 0.632. The predicted octanol–water partition coefficient (Wildman–Crippen LogP) is 2.25. The van der Waals surface area contributed by atoms with Crippen LogP contribution in [0.4, 0.5) is 13.2 Å². The molecule has 0 radical (unpaired) electrons. The molecule has 2 aliphatic rings. The van der Waals surface area contributed by atoms with Crippen LogP contribution >= 0.6 is 0 Å². The van der Waals surface area contributed by atoms with Crippen LogP contribution in [0.25, 0.3) is 0 Å². The zero-order valence-corrected chi connectivity index (χ0v) is 12.5. The van der Waals surface area contributed by atoms with Gasteiger partial charge in [0.15, 0.2) is 6.23 Å². The van der Waals surface area contributed by atoms with Crippen molar-refractivity contribution in [2.24, 2.45) is 4.99 Å². The molecule has 0 N–H and O–H groups in total. The van der Waals surface area contributed by atoms with Gasteiger partial charge in [-0.1, -0.05) is 12.1 Å². The summed E-state index contributed by atoms with van der Waals surface area (Å²) < 4.78 is 50.8. The van der Waals surface area contributed by atoms with Crippen LogP contribution in [0.3, 0.4) is 0 Å². The van der Waals surface area contributed by atoms with E-state index in [1.807, 2.05) is 0 Å². The molecule has 1 aromatic rings. The van der Waals surface area contributed by atoms with E-state index in [1.54, 1.807) is 0 Å². The molecular formula is C14H12F3N3O5. The van der Waals surface area contributed by atoms with E-state index in [4.69, 9.17) is 9.47 Å². The normalized spacial score (nSPS) is 22.2. The van der Waals surface area contributed by atoms with Gasteiger partial charge in [-0.3, -0.25) is 15.0 Å².